The third kappa shape index (κ3) is 7.51. The van der Waals surface area contributed by atoms with Gasteiger partial charge in [-0.25, -0.2) is 0 Å². The van der Waals surface area contributed by atoms with Gasteiger partial charge in [0.25, 0.3) is 0 Å². The van der Waals surface area contributed by atoms with Gasteiger partial charge in [0.1, 0.15) is 11.8 Å². The minimum absolute atomic E-state index is 0. The first-order valence-corrected chi connectivity index (χ1v) is 7.01. The molecule has 2 amide bonds. The molecule has 0 saturated heterocycles. The van der Waals surface area contributed by atoms with E-state index in [1.807, 2.05) is 0 Å². The van der Waals surface area contributed by atoms with E-state index in [2.05, 4.69) is 10.6 Å². The van der Waals surface area contributed by atoms with Crippen molar-refractivity contribution in [2.75, 3.05) is 32.7 Å². The van der Waals surface area contributed by atoms with Gasteiger partial charge in [-0.15, -0.1) is 12.4 Å². The molecule has 1 rings (SSSR count). The maximum Gasteiger partial charge on any atom is 0.239 e. The minimum Gasteiger partial charge on any atom is -0.495 e. The molecule has 0 radical (unpaired) electrons. The molecule has 7 nitrogen and oxygen atoms in total. The van der Waals surface area contributed by atoms with Crippen LogP contribution in [0.5, 0.6) is 5.75 Å². The molecule has 9 heteroatoms. The largest absolute Gasteiger partial charge is 0.495 e. The van der Waals surface area contributed by atoms with Crippen LogP contribution in [0.3, 0.4) is 0 Å². The van der Waals surface area contributed by atoms with Gasteiger partial charge < -0.3 is 25.8 Å². The van der Waals surface area contributed by atoms with Gasteiger partial charge in [0.2, 0.25) is 11.8 Å². The third-order valence-corrected chi connectivity index (χ3v) is 3.00. The predicted octanol–water partition coefficient (Wildman–Crippen LogP) is 1.19. The van der Waals surface area contributed by atoms with Crippen LogP contribution in [0, 0.1) is 0 Å². The van der Waals surface area contributed by atoms with E-state index < -0.39 is 6.04 Å². The Hall–Kier alpha value is -1.54. The zero-order valence-corrected chi connectivity index (χ0v) is 14.5. The van der Waals surface area contributed by atoms with Crippen LogP contribution in [-0.4, -0.2) is 45.2 Å². The fourth-order valence-corrected chi connectivity index (χ4v) is 1.85. The van der Waals surface area contributed by atoms with Crippen LogP contribution in [0.2, 0.25) is 5.02 Å². The van der Waals surface area contributed by atoms with Crippen molar-refractivity contribution < 1.29 is 19.1 Å². The summed E-state index contributed by atoms with van der Waals surface area (Å²) in [7, 11) is 2.95. The summed E-state index contributed by atoms with van der Waals surface area (Å²) in [6.45, 7) is 0.294. The molecule has 0 bridgehead atoms. The van der Waals surface area contributed by atoms with Crippen molar-refractivity contribution >= 4 is 41.5 Å². The van der Waals surface area contributed by atoms with E-state index in [1.54, 1.807) is 18.2 Å². The second-order valence-corrected chi connectivity index (χ2v) is 4.93. The number of rotatable bonds is 8. The van der Waals surface area contributed by atoms with Crippen molar-refractivity contribution in [1.82, 2.24) is 5.32 Å². The van der Waals surface area contributed by atoms with E-state index >= 15 is 0 Å². The Morgan fingerprint density at radius 3 is 2.65 bits per heavy atom. The van der Waals surface area contributed by atoms with E-state index in [9.17, 15) is 9.59 Å². The quantitative estimate of drug-likeness (QED) is 0.641. The van der Waals surface area contributed by atoms with Crippen molar-refractivity contribution in [2.24, 2.45) is 5.73 Å². The molecule has 1 aromatic carbocycles. The summed E-state index contributed by atoms with van der Waals surface area (Å²) in [5.74, 6) is -0.139. The molecule has 0 spiro atoms. The molecule has 0 aliphatic carbocycles. The van der Waals surface area contributed by atoms with Gasteiger partial charge in [-0.1, -0.05) is 11.6 Å². The number of anilines is 1. The lowest BCUT2D eigenvalue weighted by Gasteiger charge is -2.12. The Morgan fingerprint density at radius 1 is 1.35 bits per heavy atom. The molecule has 1 atom stereocenters. The van der Waals surface area contributed by atoms with Gasteiger partial charge in [-0.05, 0) is 18.2 Å². The number of benzene rings is 1. The first kappa shape index (κ1) is 21.5. The smallest absolute Gasteiger partial charge is 0.239 e. The number of amides is 2. The van der Waals surface area contributed by atoms with E-state index in [4.69, 9.17) is 26.8 Å². The number of carbonyl (C=O) groups excluding carboxylic acids is 2. The van der Waals surface area contributed by atoms with Crippen LogP contribution in [0.4, 0.5) is 5.69 Å². The second-order valence-electron chi connectivity index (χ2n) is 4.50. The van der Waals surface area contributed by atoms with Gasteiger partial charge in [-0.3, -0.25) is 9.59 Å². The van der Waals surface area contributed by atoms with E-state index in [1.165, 1.54) is 14.2 Å². The number of hydrogen-bond acceptors (Lipinski definition) is 5. The van der Waals surface area contributed by atoms with Gasteiger partial charge in [-0.2, -0.15) is 0 Å². The van der Waals surface area contributed by atoms with Crippen LogP contribution in [0.15, 0.2) is 18.2 Å². The number of hydrogen-bond donors (Lipinski definition) is 3. The van der Waals surface area contributed by atoms with E-state index in [0.29, 0.717) is 16.5 Å². The summed E-state index contributed by atoms with van der Waals surface area (Å²) >= 11 is 5.88. The van der Waals surface area contributed by atoms with Crippen LogP contribution >= 0.6 is 24.0 Å². The fraction of sp³-hybridized carbons (Fsp3) is 0.429. The molecule has 0 aliphatic rings. The van der Waals surface area contributed by atoms with Crippen molar-refractivity contribution in [3.8, 4) is 5.75 Å². The Kier molecular flexibility index (Phi) is 10.3. The summed E-state index contributed by atoms with van der Waals surface area (Å²) < 4.78 is 9.91. The molecule has 0 aliphatic heterocycles. The Bertz CT molecular complexity index is 529. The van der Waals surface area contributed by atoms with Crippen molar-refractivity contribution in [1.29, 1.82) is 0 Å². The van der Waals surface area contributed by atoms with Crippen LogP contribution < -0.4 is 21.1 Å². The second kappa shape index (κ2) is 11.1. The molecule has 0 heterocycles. The van der Waals surface area contributed by atoms with Crippen LogP contribution in [-0.2, 0) is 14.3 Å². The van der Waals surface area contributed by atoms with Crippen LogP contribution in [0.25, 0.3) is 0 Å². The van der Waals surface area contributed by atoms with Crippen molar-refractivity contribution in [3.05, 3.63) is 23.2 Å². The zero-order chi connectivity index (χ0) is 16.5. The minimum atomic E-state index is -0.749. The molecule has 0 fully saturated rings. The van der Waals surface area contributed by atoms with E-state index in [-0.39, 0.29) is 43.8 Å². The van der Waals surface area contributed by atoms with Crippen LogP contribution in [0.1, 0.15) is 6.42 Å². The standard InChI is InChI=1S/C14H20ClN3O4.ClH/c1-21-8-10(16)14(20)17-6-5-13(19)18-11-7-9(15)3-4-12(11)22-2;/h3-4,7,10H,5-6,8,16H2,1-2H3,(H,17,20)(H,18,19);1H. The lowest BCUT2D eigenvalue weighted by Crippen LogP contribution is -2.44. The number of nitrogens with one attached hydrogen (secondary N) is 2. The number of halogens is 2. The van der Waals surface area contributed by atoms with Gasteiger partial charge >= 0.3 is 0 Å². The summed E-state index contributed by atoms with van der Waals surface area (Å²) in [6.07, 6.45) is 0.0983. The number of carbonyl (C=O) groups is 2. The first-order valence-electron chi connectivity index (χ1n) is 6.63. The highest BCUT2D eigenvalue weighted by Gasteiger charge is 2.13. The van der Waals surface area contributed by atoms with Crippen molar-refractivity contribution in [3.63, 3.8) is 0 Å². The highest BCUT2D eigenvalue weighted by atomic mass is 35.5. The molecule has 1 aromatic rings. The molecule has 130 valence electrons. The Morgan fingerprint density at radius 2 is 2.04 bits per heavy atom. The summed E-state index contributed by atoms with van der Waals surface area (Å²) in [5.41, 5.74) is 6.03. The maximum atomic E-state index is 11.9. The molecular weight excluding hydrogens is 345 g/mol. The number of ether oxygens (including phenoxy) is 2. The lowest BCUT2D eigenvalue weighted by atomic mass is 10.2. The molecule has 0 saturated carbocycles. The maximum absolute atomic E-state index is 11.9. The Balaban J connectivity index is 0.00000484. The van der Waals surface area contributed by atoms with Gasteiger partial charge in [0.15, 0.2) is 0 Å². The topological polar surface area (TPSA) is 103 Å². The Labute approximate surface area is 146 Å². The third-order valence-electron chi connectivity index (χ3n) is 2.77. The van der Waals surface area contributed by atoms with Gasteiger partial charge in [0.05, 0.1) is 19.4 Å². The molecular formula is C14H21Cl2N3O4. The monoisotopic (exact) mass is 365 g/mol. The SMILES string of the molecule is COCC(N)C(=O)NCCC(=O)Nc1cc(Cl)ccc1OC.Cl. The average molecular weight is 366 g/mol. The summed E-state index contributed by atoms with van der Waals surface area (Å²) in [6, 6.07) is 4.16. The highest BCUT2D eigenvalue weighted by Crippen LogP contribution is 2.27. The number of methoxy groups -OCH3 is 2. The van der Waals surface area contributed by atoms with Crippen molar-refractivity contribution in [2.45, 2.75) is 12.5 Å². The predicted molar refractivity (Wildman–Crippen MR) is 91.4 cm³/mol. The molecule has 0 aromatic heterocycles. The zero-order valence-electron chi connectivity index (χ0n) is 12.9. The van der Waals surface area contributed by atoms with E-state index in [0.717, 1.165) is 0 Å². The highest BCUT2D eigenvalue weighted by molar-refractivity contribution is 6.31. The fourth-order valence-electron chi connectivity index (χ4n) is 1.68. The molecule has 4 N–H and O–H groups in total. The normalized spacial score (nSPS) is 11.1. The molecule has 23 heavy (non-hydrogen) atoms. The first-order chi connectivity index (χ1) is 10.5. The lowest BCUT2D eigenvalue weighted by molar-refractivity contribution is -0.123. The van der Waals surface area contributed by atoms with Gasteiger partial charge in [0, 0.05) is 25.1 Å². The number of nitrogens with two attached hydrogens (primary N) is 1. The molecule has 1 unspecified atom stereocenters. The summed E-state index contributed by atoms with van der Waals surface area (Å²) in [4.78, 5) is 23.4. The average Bonchev–Trinajstić information content (AvgIpc) is 2.47. The summed E-state index contributed by atoms with van der Waals surface area (Å²) in [5, 5.41) is 5.72.